The molecular formula is C19H22Cl2N2O4S. The number of halogens is 2. The van der Waals surface area contributed by atoms with E-state index in [1.165, 1.54) is 19.4 Å². The number of hydrazone groups is 1. The number of rotatable bonds is 8. The molecule has 0 atom stereocenters. The van der Waals surface area contributed by atoms with E-state index in [1.807, 2.05) is 13.8 Å². The Morgan fingerprint density at radius 1 is 1.18 bits per heavy atom. The fourth-order valence-corrected chi connectivity index (χ4v) is 3.92. The van der Waals surface area contributed by atoms with Crippen molar-refractivity contribution in [3.8, 4) is 11.5 Å². The molecular weight excluding hydrogens is 423 g/mol. The van der Waals surface area contributed by atoms with E-state index < -0.39 is 10.0 Å². The number of hydrogen-bond donors (Lipinski definition) is 1. The van der Waals surface area contributed by atoms with Gasteiger partial charge in [-0.05, 0) is 48.2 Å². The summed E-state index contributed by atoms with van der Waals surface area (Å²) in [6, 6.07) is 8.03. The van der Waals surface area contributed by atoms with Gasteiger partial charge >= 0.3 is 0 Å². The molecule has 0 fully saturated rings. The summed E-state index contributed by atoms with van der Waals surface area (Å²) >= 11 is 12.4. The number of nitrogens with zero attached hydrogens (tertiary/aromatic N) is 1. The van der Waals surface area contributed by atoms with Crippen molar-refractivity contribution in [1.29, 1.82) is 0 Å². The van der Waals surface area contributed by atoms with Crippen LogP contribution in [0, 0.1) is 12.8 Å². The quantitative estimate of drug-likeness (QED) is 0.474. The first-order chi connectivity index (χ1) is 13.1. The Kier molecular flexibility index (Phi) is 7.57. The number of hydrogen-bond acceptors (Lipinski definition) is 5. The van der Waals surface area contributed by atoms with Crippen molar-refractivity contribution in [3.05, 3.63) is 51.5 Å². The third-order valence-electron chi connectivity index (χ3n) is 3.58. The average Bonchev–Trinajstić information content (AvgIpc) is 2.60. The fraction of sp³-hybridized carbons (Fsp3) is 0.316. The summed E-state index contributed by atoms with van der Waals surface area (Å²) in [5.74, 6) is 0.937. The third kappa shape index (κ3) is 5.77. The Bertz CT molecular complexity index is 953. The Hall–Kier alpha value is -1.96. The second kappa shape index (κ2) is 9.49. The Balaban J connectivity index is 2.19. The average molecular weight is 445 g/mol. The van der Waals surface area contributed by atoms with Gasteiger partial charge in [0, 0.05) is 0 Å². The monoisotopic (exact) mass is 444 g/mol. The molecule has 0 unspecified atom stereocenters. The molecule has 0 aliphatic carbocycles. The van der Waals surface area contributed by atoms with Crippen molar-refractivity contribution in [2.45, 2.75) is 25.7 Å². The fourth-order valence-electron chi connectivity index (χ4n) is 2.26. The van der Waals surface area contributed by atoms with E-state index in [0.717, 1.165) is 5.56 Å². The molecule has 2 rings (SSSR count). The predicted molar refractivity (Wildman–Crippen MR) is 112 cm³/mol. The largest absolute Gasteiger partial charge is 0.495 e. The van der Waals surface area contributed by atoms with Crippen LogP contribution in [0.15, 0.2) is 40.3 Å². The molecule has 152 valence electrons. The van der Waals surface area contributed by atoms with Gasteiger partial charge in [0.1, 0.15) is 10.6 Å². The Morgan fingerprint density at radius 2 is 1.82 bits per heavy atom. The minimum atomic E-state index is -3.91. The van der Waals surface area contributed by atoms with Crippen molar-refractivity contribution in [2.24, 2.45) is 11.0 Å². The van der Waals surface area contributed by atoms with Crippen LogP contribution in [0.4, 0.5) is 0 Å². The van der Waals surface area contributed by atoms with Crippen LogP contribution in [-0.4, -0.2) is 28.3 Å². The summed E-state index contributed by atoms with van der Waals surface area (Å²) in [4.78, 5) is 2.16. The lowest BCUT2D eigenvalue weighted by molar-refractivity contribution is 0.271. The molecule has 1 N–H and O–H groups in total. The minimum Gasteiger partial charge on any atom is -0.495 e. The second-order valence-corrected chi connectivity index (χ2v) is 8.97. The van der Waals surface area contributed by atoms with Gasteiger partial charge in [-0.15, -0.1) is 0 Å². The molecule has 2 aromatic rings. The Labute approximate surface area is 175 Å². The second-order valence-electron chi connectivity index (χ2n) is 6.53. The van der Waals surface area contributed by atoms with E-state index in [1.54, 1.807) is 31.2 Å². The van der Waals surface area contributed by atoms with Gasteiger partial charge in [0.05, 0.1) is 30.0 Å². The lowest BCUT2D eigenvalue weighted by Crippen LogP contribution is -2.19. The van der Waals surface area contributed by atoms with Gasteiger partial charge in [0.25, 0.3) is 10.0 Å². The topological polar surface area (TPSA) is 77.0 Å². The standard InChI is InChI=1S/C19H22Cl2N2O4S/c1-12(2)11-27-19-15(20)8-14(9-16(19)21)10-22-23-28(24,25)18-7-13(3)5-6-17(18)26-4/h5-10,12,23H,11H2,1-4H3/b22-10+. The summed E-state index contributed by atoms with van der Waals surface area (Å²) in [7, 11) is -2.50. The van der Waals surface area contributed by atoms with E-state index >= 15 is 0 Å². The SMILES string of the molecule is COc1ccc(C)cc1S(=O)(=O)N/N=C/c1cc(Cl)c(OCC(C)C)c(Cl)c1. The van der Waals surface area contributed by atoms with Gasteiger partial charge in [-0.3, -0.25) is 0 Å². The maximum atomic E-state index is 12.5. The van der Waals surface area contributed by atoms with Crippen LogP contribution in [0.25, 0.3) is 0 Å². The van der Waals surface area contributed by atoms with E-state index in [9.17, 15) is 8.42 Å². The maximum Gasteiger partial charge on any atom is 0.280 e. The van der Waals surface area contributed by atoms with Gasteiger partial charge in [-0.2, -0.15) is 18.4 Å². The molecule has 0 saturated carbocycles. The first-order valence-corrected chi connectivity index (χ1v) is 10.7. The Morgan fingerprint density at radius 3 is 2.39 bits per heavy atom. The van der Waals surface area contributed by atoms with E-state index in [2.05, 4.69) is 9.93 Å². The highest BCUT2D eigenvalue weighted by Crippen LogP contribution is 2.34. The van der Waals surface area contributed by atoms with Gasteiger partial charge in [-0.1, -0.05) is 43.1 Å². The number of ether oxygens (including phenoxy) is 2. The van der Waals surface area contributed by atoms with Crippen LogP contribution in [0.1, 0.15) is 25.0 Å². The normalized spacial score (nSPS) is 11.8. The van der Waals surface area contributed by atoms with Crippen LogP contribution < -0.4 is 14.3 Å². The number of benzene rings is 2. The first kappa shape index (κ1) is 22.3. The van der Waals surface area contributed by atoms with Crippen LogP contribution in [0.5, 0.6) is 11.5 Å². The predicted octanol–water partition coefficient (Wildman–Crippen LogP) is 4.66. The third-order valence-corrected chi connectivity index (χ3v) is 5.38. The molecule has 0 radical (unpaired) electrons. The summed E-state index contributed by atoms with van der Waals surface area (Å²) in [6.07, 6.45) is 1.31. The summed E-state index contributed by atoms with van der Waals surface area (Å²) < 4.78 is 35.7. The number of sulfonamides is 1. The molecule has 2 aromatic carbocycles. The molecule has 0 spiro atoms. The molecule has 0 bridgehead atoms. The molecule has 28 heavy (non-hydrogen) atoms. The zero-order valence-electron chi connectivity index (χ0n) is 16.0. The van der Waals surface area contributed by atoms with E-state index in [0.29, 0.717) is 33.9 Å². The van der Waals surface area contributed by atoms with Crippen molar-refractivity contribution in [1.82, 2.24) is 4.83 Å². The zero-order chi connectivity index (χ0) is 20.9. The van der Waals surface area contributed by atoms with Gasteiger partial charge in [0.15, 0.2) is 5.75 Å². The van der Waals surface area contributed by atoms with Crippen LogP contribution >= 0.6 is 23.2 Å². The molecule has 0 saturated heterocycles. The molecule has 0 aliphatic heterocycles. The number of nitrogens with one attached hydrogen (secondary N) is 1. The molecule has 0 aromatic heterocycles. The summed E-state index contributed by atoms with van der Waals surface area (Å²) in [5.41, 5.74) is 1.30. The van der Waals surface area contributed by atoms with Crippen LogP contribution in [0.3, 0.4) is 0 Å². The zero-order valence-corrected chi connectivity index (χ0v) is 18.3. The molecule has 9 heteroatoms. The van der Waals surface area contributed by atoms with Crippen molar-refractivity contribution in [2.75, 3.05) is 13.7 Å². The van der Waals surface area contributed by atoms with Gasteiger partial charge in [-0.25, -0.2) is 0 Å². The first-order valence-electron chi connectivity index (χ1n) is 8.45. The van der Waals surface area contributed by atoms with E-state index in [4.69, 9.17) is 32.7 Å². The van der Waals surface area contributed by atoms with Gasteiger partial charge in [0.2, 0.25) is 0 Å². The number of aryl methyl sites for hydroxylation is 1. The molecule has 6 nitrogen and oxygen atoms in total. The number of methoxy groups -OCH3 is 1. The molecule has 0 amide bonds. The molecule has 0 heterocycles. The van der Waals surface area contributed by atoms with Crippen LogP contribution in [0.2, 0.25) is 10.0 Å². The molecule has 0 aliphatic rings. The lowest BCUT2D eigenvalue weighted by atomic mass is 10.2. The van der Waals surface area contributed by atoms with Crippen LogP contribution in [-0.2, 0) is 10.0 Å². The van der Waals surface area contributed by atoms with Gasteiger partial charge < -0.3 is 9.47 Å². The summed E-state index contributed by atoms with van der Waals surface area (Å²) in [6.45, 7) is 6.29. The smallest absolute Gasteiger partial charge is 0.280 e. The summed E-state index contributed by atoms with van der Waals surface area (Å²) in [5, 5.41) is 4.44. The minimum absolute atomic E-state index is 0.000600. The highest BCUT2D eigenvalue weighted by molar-refractivity contribution is 7.89. The van der Waals surface area contributed by atoms with Crippen molar-refractivity contribution < 1.29 is 17.9 Å². The van der Waals surface area contributed by atoms with Crippen molar-refractivity contribution in [3.63, 3.8) is 0 Å². The van der Waals surface area contributed by atoms with Crippen molar-refractivity contribution >= 4 is 39.4 Å². The highest BCUT2D eigenvalue weighted by atomic mass is 35.5. The van der Waals surface area contributed by atoms with E-state index in [-0.39, 0.29) is 10.6 Å². The maximum absolute atomic E-state index is 12.5. The lowest BCUT2D eigenvalue weighted by Gasteiger charge is -2.12. The highest BCUT2D eigenvalue weighted by Gasteiger charge is 2.19.